The molecule has 0 N–H and O–H groups in total. The fraction of sp³-hybridized carbons (Fsp3) is 0.333. The molecule has 1 rings (SSSR count). The number of rotatable bonds is 2. The Labute approximate surface area is 89.1 Å². The fourth-order valence-corrected chi connectivity index (χ4v) is 1.18. The lowest BCUT2D eigenvalue weighted by molar-refractivity contribution is 0.627. The number of nitriles is 1. The Morgan fingerprint density at radius 2 is 2.20 bits per heavy atom. The highest BCUT2D eigenvalue weighted by atomic mass is 19.1. The number of hydrogen-bond donors (Lipinski definition) is 0. The van der Waals surface area contributed by atoms with Crippen molar-refractivity contribution in [2.45, 2.75) is 27.2 Å². The molecule has 2 nitrogen and oxygen atoms in total. The maximum atomic E-state index is 13.1. The van der Waals surface area contributed by atoms with E-state index in [4.69, 9.17) is 5.26 Å². The van der Waals surface area contributed by atoms with E-state index in [0.717, 1.165) is 17.7 Å². The average Bonchev–Trinajstić information content (AvgIpc) is 2.22. The molecule has 0 aliphatic heterocycles. The zero-order valence-electron chi connectivity index (χ0n) is 9.13. The first kappa shape index (κ1) is 11.4. The molecule has 78 valence electrons. The first-order chi connectivity index (χ1) is 7.08. The van der Waals surface area contributed by atoms with Gasteiger partial charge < -0.3 is 0 Å². The Morgan fingerprint density at radius 1 is 1.53 bits per heavy atom. The molecule has 1 aromatic carbocycles. The van der Waals surface area contributed by atoms with Crippen LogP contribution < -0.4 is 0 Å². The van der Waals surface area contributed by atoms with Gasteiger partial charge in [0.2, 0.25) is 0 Å². The van der Waals surface area contributed by atoms with Crippen LogP contribution in [0.4, 0.5) is 10.1 Å². The van der Waals surface area contributed by atoms with Crippen molar-refractivity contribution in [3.05, 3.63) is 29.1 Å². The Hall–Kier alpha value is -1.69. The number of hydrogen-bond acceptors (Lipinski definition) is 2. The normalized spacial score (nSPS) is 11.3. The molecule has 0 aliphatic rings. The summed E-state index contributed by atoms with van der Waals surface area (Å²) in [5.74, 6) is -0.417. The van der Waals surface area contributed by atoms with E-state index in [1.165, 1.54) is 12.1 Å². The van der Waals surface area contributed by atoms with Gasteiger partial charge in [-0.1, -0.05) is 6.92 Å². The zero-order chi connectivity index (χ0) is 11.4. The predicted molar refractivity (Wildman–Crippen MR) is 58.9 cm³/mol. The summed E-state index contributed by atoms with van der Waals surface area (Å²) in [5, 5.41) is 8.79. The predicted octanol–water partition coefficient (Wildman–Crippen LogP) is 3.51. The van der Waals surface area contributed by atoms with Crippen molar-refractivity contribution in [1.82, 2.24) is 0 Å². The van der Waals surface area contributed by atoms with Gasteiger partial charge in [-0.15, -0.1) is 0 Å². The van der Waals surface area contributed by atoms with Gasteiger partial charge in [-0.05, 0) is 38.0 Å². The van der Waals surface area contributed by atoms with Crippen molar-refractivity contribution in [3.8, 4) is 6.07 Å². The molecule has 0 aromatic heterocycles. The maximum absolute atomic E-state index is 13.1. The van der Waals surface area contributed by atoms with Crippen LogP contribution in [0.5, 0.6) is 0 Å². The van der Waals surface area contributed by atoms with E-state index in [2.05, 4.69) is 4.99 Å². The summed E-state index contributed by atoms with van der Waals surface area (Å²) >= 11 is 0. The summed E-state index contributed by atoms with van der Waals surface area (Å²) in [5.41, 5.74) is 2.54. The molecule has 0 bridgehead atoms. The van der Waals surface area contributed by atoms with E-state index in [-0.39, 0.29) is 0 Å². The molecule has 0 aliphatic carbocycles. The Bertz CT molecular complexity index is 442. The summed E-state index contributed by atoms with van der Waals surface area (Å²) in [6.07, 6.45) is 0.817. The van der Waals surface area contributed by atoms with E-state index in [9.17, 15) is 4.39 Å². The number of aliphatic imine (C=N–C) groups is 1. The maximum Gasteiger partial charge on any atom is 0.126 e. The topological polar surface area (TPSA) is 36.1 Å². The van der Waals surface area contributed by atoms with Crippen molar-refractivity contribution < 1.29 is 4.39 Å². The van der Waals surface area contributed by atoms with Gasteiger partial charge in [-0.2, -0.15) is 5.26 Å². The molecule has 0 heterocycles. The lowest BCUT2D eigenvalue weighted by Gasteiger charge is -2.04. The number of nitrogens with zero attached hydrogens (tertiary/aromatic N) is 2. The van der Waals surface area contributed by atoms with Crippen LogP contribution in [-0.2, 0) is 0 Å². The van der Waals surface area contributed by atoms with Crippen molar-refractivity contribution in [2.75, 3.05) is 0 Å². The Kier molecular flexibility index (Phi) is 3.56. The van der Waals surface area contributed by atoms with Gasteiger partial charge in [-0.3, -0.25) is 4.99 Å². The van der Waals surface area contributed by atoms with Crippen LogP contribution in [-0.4, -0.2) is 5.71 Å². The Balaban J connectivity index is 3.31. The molecule has 3 heteroatoms. The van der Waals surface area contributed by atoms with Crippen LogP contribution >= 0.6 is 0 Å². The van der Waals surface area contributed by atoms with Crippen LogP contribution in [0.3, 0.4) is 0 Å². The summed E-state index contributed by atoms with van der Waals surface area (Å²) in [6, 6.07) is 4.55. The van der Waals surface area contributed by atoms with Gasteiger partial charge in [0.05, 0.1) is 17.3 Å². The van der Waals surface area contributed by atoms with E-state index < -0.39 is 5.82 Å². The molecule has 0 radical (unpaired) electrons. The van der Waals surface area contributed by atoms with Crippen LogP contribution in [0.1, 0.15) is 31.4 Å². The molecule has 15 heavy (non-hydrogen) atoms. The largest absolute Gasteiger partial charge is 0.258 e. The molecule has 0 unspecified atom stereocenters. The van der Waals surface area contributed by atoms with Crippen LogP contribution in [0.2, 0.25) is 0 Å². The number of halogens is 1. The highest BCUT2D eigenvalue weighted by molar-refractivity contribution is 5.84. The molecule has 1 aromatic rings. The van der Waals surface area contributed by atoms with Gasteiger partial charge in [0.25, 0.3) is 0 Å². The van der Waals surface area contributed by atoms with Gasteiger partial charge >= 0.3 is 0 Å². The molecular formula is C12H13FN2. The van der Waals surface area contributed by atoms with Crippen LogP contribution in [0.15, 0.2) is 17.1 Å². The van der Waals surface area contributed by atoms with Crippen LogP contribution in [0, 0.1) is 24.1 Å². The minimum atomic E-state index is -0.417. The van der Waals surface area contributed by atoms with Crippen molar-refractivity contribution in [2.24, 2.45) is 4.99 Å². The van der Waals surface area contributed by atoms with Crippen LogP contribution in [0.25, 0.3) is 0 Å². The smallest absolute Gasteiger partial charge is 0.126 e. The van der Waals surface area contributed by atoms with Crippen molar-refractivity contribution in [3.63, 3.8) is 0 Å². The van der Waals surface area contributed by atoms with Crippen molar-refractivity contribution in [1.29, 1.82) is 5.26 Å². The molecule has 0 saturated heterocycles. The molecule has 0 atom stereocenters. The van der Waals surface area contributed by atoms with E-state index in [1.54, 1.807) is 6.92 Å². The molecule has 0 spiro atoms. The second-order valence-corrected chi connectivity index (χ2v) is 3.41. The first-order valence-electron chi connectivity index (χ1n) is 4.83. The molecule has 0 fully saturated rings. The SMILES string of the molecule is CCC(C)=Nc1cc(F)cc(C#N)c1C. The second-order valence-electron chi connectivity index (χ2n) is 3.41. The molecule has 0 saturated carbocycles. The standard InChI is InChI=1S/C12H13FN2/c1-4-8(2)15-12-6-11(13)5-10(7-14)9(12)3/h5-6H,4H2,1-3H3. The summed E-state index contributed by atoms with van der Waals surface area (Å²) in [7, 11) is 0. The van der Waals surface area contributed by atoms with Gasteiger partial charge in [0.15, 0.2) is 0 Å². The fourth-order valence-electron chi connectivity index (χ4n) is 1.18. The van der Waals surface area contributed by atoms with E-state index >= 15 is 0 Å². The minimum absolute atomic E-state index is 0.345. The first-order valence-corrected chi connectivity index (χ1v) is 4.83. The average molecular weight is 204 g/mol. The molecule has 0 amide bonds. The minimum Gasteiger partial charge on any atom is -0.258 e. The highest BCUT2D eigenvalue weighted by Crippen LogP contribution is 2.23. The summed E-state index contributed by atoms with van der Waals surface area (Å²) in [6.45, 7) is 5.65. The lowest BCUT2D eigenvalue weighted by Crippen LogP contribution is -1.90. The number of benzene rings is 1. The molecular weight excluding hydrogens is 191 g/mol. The highest BCUT2D eigenvalue weighted by Gasteiger charge is 2.06. The summed E-state index contributed by atoms with van der Waals surface area (Å²) in [4.78, 5) is 4.27. The zero-order valence-corrected chi connectivity index (χ0v) is 9.13. The van der Waals surface area contributed by atoms with Gasteiger partial charge in [-0.25, -0.2) is 4.39 Å². The van der Waals surface area contributed by atoms with Gasteiger partial charge in [0, 0.05) is 5.71 Å². The third-order valence-corrected chi connectivity index (χ3v) is 2.29. The Morgan fingerprint density at radius 3 is 2.73 bits per heavy atom. The third-order valence-electron chi connectivity index (χ3n) is 2.29. The lowest BCUT2D eigenvalue weighted by atomic mass is 10.1. The monoisotopic (exact) mass is 204 g/mol. The quantitative estimate of drug-likeness (QED) is 0.679. The van der Waals surface area contributed by atoms with E-state index in [0.29, 0.717) is 11.3 Å². The second kappa shape index (κ2) is 4.70. The van der Waals surface area contributed by atoms with E-state index in [1.807, 2.05) is 19.9 Å². The van der Waals surface area contributed by atoms with Gasteiger partial charge in [0.1, 0.15) is 5.82 Å². The third kappa shape index (κ3) is 2.63. The summed E-state index contributed by atoms with van der Waals surface area (Å²) < 4.78 is 13.1. The van der Waals surface area contributed by atoms with Crippen molar-refractivity contribution >= 4 is 11.4 Å².